The van der Waals surface area contributed by atoms with Gasteiger partial charge < -0.3 is 34.9 Å². The van der Waals surface area contributed by atoms with Crippen LogP contribution >= 0.6 is 8.18 Å². The summed E-state index contributed by atoms with van der Waals surface area (Å²) in [6.07, 6.45) is 4.97. The molecule has 0 radical (unpaired) electrons. The number of benzene rings is 1. The molecule has 0 aliphatic heterocycles. The molecule has 17 nitrogen and oxygen atoms in total. The molecular weight excluding hydrogens is 745 g/mol. The van der Waals surface area contributed by atoms with Gasteiger partial charge in [0.1, 0.15) is 35.9 Å². The fraction of sp³-hybridized carbons (Fsp3) is 0.579. The second-order valence-electron chi connectivity index (χ2n) is 15.6. The van der Waals surface area contributed by atoms with Gasteiger partial charge in [-0.25, -0.2) is 19.7 Å². The molecule has 4 rings (SSSR count). The first-order chi connectivity index (χ1) is 26.4. The zero-order valence-corrected chi connectivity index (χ0v) is 34.4. The lowest BCUT2D eigenvalue weighted by Crippen LogP contribution is -2.47. The molecule has 4 atom stereocenters. The maximum absolute atomic E-state index is 13.5. The summed E-state index contributed by atoms with van der Waals surface area (Å²) in [5.74, 6) is -1.32. The number of hydrogen-bond donors (Lipinski definition) is 5. The normalized spacial score (nSPS) is 17.9. The van der Waals surface area contributed by atoms with Crippen molar-refractivity contribution in [1.82, 2.24) is 29.9 Å². The Morgan fingerprint density at radius 3 is 2.41 bits per heavy atom. The largest absolute Gasteiger partial charge is 0.508 e. The summed E-state index contributed by atoms with van der Waals surface area (Å²) < 4.78 is 37.3. The number of nitrogens with two attached hydrogens (primary N) is 1. The molecule has 308 valence electrons. The van der Waals surface area contributed by atoms with Crippen molar-refractivity contribution in [2.24, 2.45) is 17.3 Å². The Kier molecular flexibility index (Phi) is 14.9. The minimum atomic E-state index is -3.03. The Morgan fingerprint density at radius 1 is 1.09 bits per heavy atom. The number of alkyl carbamates (subject to hydrolysis) is 1. The molecule has 0 saturated heterocycles. The standard InChI is InChI=1S/C38H56N7O10P/c1-9-12-24(13-10-2)19-52-33(48)23(5)44-56(51)54-21-38(20-53-34(49)28(22(3)4)41-36(50)55-37(6,7)8)17-26(38)18-45-30(25-14-11-15-27(46)16-25)40-29-31(45)42-35(39)43-32(29)47/h11,14-16,18,22-24,28,46,56H,9-10,12-13,17,19-21H2,1-8H3,(H,41,50)(H,44,51)(H3,39,42,43,47)/b26-18-/t23-,28-,38-/m0/s1. The number of carbonyl (C=O) groups is 3. The SMILES string of the molecule is CCCC(CCC)COC(=O)[C@H](C)N[PH](=O)OC[C@@]1(COC(=O)[C@@H](NC(=O)OC(C)(C)C)C(C)C)C/C1=C/n1c(-c2cccc(O)c2)nc2c(=O)[nH]c(N)nc21. The zero-order chi connectivity index (χ0) is 41.4. The first-order valence-electron chi connectivity index (χ1n) is 18.9. The number of nitrogens with zero attached hydrogens (tertiary/aromatic N) is 3. The Bertz CT molecular complexity index is 1980. The molecular formula is C38H56N7O10P. The third-order valence-electron chi connectivity index (χ3n) is 9.15. The molecule has 1 unspecified atom stereocenters. The summed E-state index contributed by atoms with van der Waals surface area (Å²) in [4.78, 5) is 63.0. The number of anilines is 1. The van der Waals surface area contributed by atoms with E-state index < -0.39 is 54.9 Å². The number of aromatic hydroxyl groups is 1. The van der Waals surface area contributed by atoms with Crippen LogP contribution in [0, 0.1) is 17.3 Å². The molecule has 2 heterocycles. The van der Waals surface area contributed by atoms with E-state index in [1.165, 1.54) is 12.1 Å². The Balaban J connectivity index is 1.61. The molecule has 0 bridgehead atoms. The van der Waals surface area contributed by atoms with Crippen LogP contribution in [0.3, 0.4) is 0 Å². The molecule has 1 fully saturated rings. The summed E-state index contributed by atoms with van der Waals surface area (Å²) in [6.45, 7) is 14.1. The summed E-state index contributed by atoms with van der Waals surface area (Å²) in [5, 5.41) is 15.5. The van der Waals surface area contributed by atoms with Gasteiger partial charge in [0.05, 0.1) is 18.6 Å². The van der Waals surface area contributed by atoms with Crippen LogP contribution in [0.5, 0.6) is 5.75 Å². The number of phenols is 1. The van der Waals surface area contributed by atoms with Crippen LogP contribution in [-0.2, 0) is 32.9 Å². The first kappa shape index (κ1) is 44.0. The van der Waals surface area contributed by atoms with Gasteiger partial charge in [-0.2, -0.15) is 4.98 Å². The van der Waals surface area contributed by atoms with Gasteiger partial charge in [-0.3, -0.25) is 23.7 Å². The number of imidazole rings is 1. The topological polar surface area (TPSA) is 239 Å². The fourth-order valence-electron chi connectivity index (χ4n) is 6.12. The van der Waals surface area contributed by atoms with Crippen LogP contribution in [0.4, 0.5) is 10.7 Å². The minimum Gasteiger partial charge on any atom is -0.508 e. The van der Waals surface area contributed by atoms with Gasteiger partial charge in [0.15, 0.2) is 11.2 Å². The second-order valence-corrected chi connectivity index (χ2v) is 16.7. The number of H-pyrrole nitrogens is 1. The van der Waals surface area contributed by atoms with E-state index in [-0.39, 0.29) is 66.8 Å². The summed E-state index contributed by atoms with van der Waals surface area (Å²) >= 11 is 0. The van der Waals surface area contributed by atoms with Crippen molar-refractivity contribution >= 4 is 49.5 Å². The lowest BCUT2D eigenvalue weighted by molar-refractivity contribution is -0.149. The van der Waals surface area contributed by atoms with E-state index in [0.29, 0.717) is 11.1 Å². The average Bonchev–Trinajstić information content (AvgIpc) is 3.67. The molecule has 56 heavy (non-hydrogen) atoms. The smallest absolute Gasteiger partial charge is 0.408 e. The zero-order valence-electron chi connectivity index (χ0n) is 33.4. The molecule has 6 N–H and O–H groups in total. The van der Waals surface area contributed by atoms with Crippen molar-refractivity contribution in [3.63, 3.8) is 0 Å². The van der Waals surface area contributed by atoms with Gasteiger partial charge in [-0.15, -0.1) is 0 Å². The van der Waals surface area contributed by atoms with Crippen molar-refractivity contribution in [2.75, 3.05) is 25.6 Å². The number of amides is 1. The van der Waals surface area contributed by atoms with E-state index in [1.54, 1.807) is 64.4 Å². The van der Waals surface area contributed by atoms with Crippen LogP contribution in [0.1, 0.15) is 87.5 Å². The molecule has 1 aliphatic carbocycles. The van der Waals surface area contributed by atoms with Crippen LogP contribution < -0.4 is 21.7 Å². The third-order valence-corrected chi connectivity index (χ3v) is 10.2. The monoisotopic (exact) mass is 801 g/mol. The van der Waals surface area contributed by atoms with Crippen molar-refractivity contribution in [1.29, 1.82) is 0 Å². The summed E-state index contributed by atoms with van der Waals surface area (Å²) in [5.41, 5.74) is 4.74. The number of nitrogens with one attached hydrogen (secondary N) is 3. The highest BCUT2D eigenvalue weighted by Crippen LogP contribution is 2.54. The maximum Gasteiger partial charge on any atom is 0.408 e. The van der Waals surface area contributed by atoms with Crippen molar-refractivity contribution in [3.8, 4) is 17.1 Å². The average molecular weight is 802 g/mol. The highest BCUT2D eigenvalue weighted by molar-refractivity contribution is 7.36. The summed E-state index contributed by atoms with van der Waals surface area (Å²) in [7, 11) is -3.03. The van der Waals surface area contributed by atoms with Gasteiger partial charge in [0, 0.05) is 11.8 Å². The number of carbonyl (C=O) groups excluding carboxylic acids is 3. The van der Waals surface area contributed by atoms with Gasteiger partial charge in [0.2, 0.25) is 5.95 Å². The highest BCUT2D eigenvalue weighted by Gasteiger charge is 2.51. The lowest BCUT2D eigenvalue weighted by Gasteiger charge is -2.25. The van der Waals surface area contributed by atoms with Gasteiger partial charge >= 0.3 is 18.0 Å². The third kappa shape index (κ3) is 11.9. The van der Waals surface area contributed by atoms with E-state index >= 15 is 0 Å². The quantitative estimate of drug-likeness (QED) is 0.0568. The number of phenolic OH excluding ortho intramolecular Hbond substituents is 1. The van der Waals surface area contributed by atoms with Gasteiger partial charge in [0.25, 0.3) is 13.7 Å². The van der Waals surface area contributed by atoms with E-state index in [1.807, 2.05) is 0 Å². The molecule has 1 saturated carbocycles. The number of ether oxygens (including phenoxy) is 3. The number of aromatic amines is 1. The second kappa shape index (κ2) is 18.9. The molecule has 18 heteroatoms. The van der Waals surface area contributed by atoms with Crippen LogP contribution in [-0.4, -0.2) is 80.2 Å². The van der Waals surface area contributed by atoms with Gasteiger partial charge in [-0.1, -0.05) is 52.7 Å². The maximum atomic E-state index is 13.5. The first-order valence-corrected chi connectivity index (χ1v) is 20.2. The lowest BCUT2D eigenvalue weighted by atomic mass is 9.99. The molecule has 1 amide bonds. The molecule has 1 aromatic carbocycles. The number of nitrogen functional groups attached to an aromatic ring is 1. The molecule has 3 aromatic rings. The van der Waals surface area contributed by atoms with Crippen LogP contribution in [0.2, 0.25) is 0 Å². The number of hydrogen-bond acceptors (Lipinski definition) is 13. The molecule has 2 aromatic heterocycles. The van der Waals surface area contributed by atoms with E-state index in [9.17, 15) is 28.8 Å². The van der Waals surface area contributed by atoms with E-state index in [2.05, 4.69) is 39.2 Å². The highest BCUT2D eigenvalue weighted by atomic mass is 31.1. The van der Waals surface area contributed by atoms with Crippen LogP contribution in [0.15, 0.2) is 34.6 Å². The number of rotatable bonds is 19. The van der Waals surface area contributed by atoms with Crippen molar-refractivity contribution < 1.29 is 42.8 Å². The van der Waals surface area contributed by atoms with Crippen LogP contribution in [0.25, 0.3) is 28.8 Å². The molecule has 1 aliphatic rings. The Morgan fingerprint density at radius 2 is 1.79 bits per heavy atom. The van der Waals surface area contributed by atoms with Crippen molar-refractivity contribution in [3.05, 3.63) is 40.2 Å². The number of aromatic nitrogens is 4. The summed E-state index contributed by atoms with van der Waals surface area (Å²) in [6, 6.07) is 4.31. The van der Waals surface area contributed by atoms with E-state index in [4.69, 9.17) is 24.5 Å². The Labute approximate surface area is 327 Å². The van der Waals surface area contributed by atoms with E-state index in [0.717, 1.165) is 25.7 Å². The number of esters is 2. The molecule has 0 spiro atoms. The van der Waals surface area contributed by atoms with Crippen molar-refractivity contribution in [2.45, 2.75) is 105 Å². The minimum absolute atomic E-state index is 0.0119. The number of fused-ring (bicyclic) bond motifs is 1. The van der Waals surface area contributed by atoms with Gasteiger partial charge in [-0.05, 0) is 76.5 Å². The predicted molar refractivity (Wildman–Crippen MR) is 212 cm³/mol. The predicted octanol–water partition coefficient (Wildman–Crippen LogP) is 5.54. The Hall–Kier alpha value is -4.73. The fourth-order valence-corrected chi connectivity index (χ4v) is 7.09.